The molecule has 0 radical (unpaired) electrons. The van der Waals surface area contributed by atoms with Crippen molar-refractivity contribution in [3.8, 4) is 0 Å². The zero-order valence-electron chi connectivity index (χ0n) is 14.1. The maximum absolute atomic E-state index is 13.8. The molecule has 0 aliphatic carbocycles. The second-order valence-electron chi connectivity index (χ2n) is 6.07. The SMILES string of the molecule is NC(=O)c1cnc(NC(=O)C2CCN(C(=O)c3ccc(F)cc3F)CC2)s1. The Balaban J connectivity index is 1.56. The topological polar surface area (TPSA) is 105 Å². The van der Waals surface area contributed by atoms with E-state index in [9.17, 15) is 23.2 Å². The number of hydrogen-bond donors (Lipinski definition) is 2. The lowest BCUT2D eigenvalue weighted by Gasteiger charge is -2.31. The number of nitrogens with one attached hydrogen (secondary N) is 1. The fraction of sp³-hybridized carbons (Fsp3) is 0.294. The minimum atomic E-state index is -0.908. The lowest BCUT2D eigenvalue weighted by molar-refractivity contribution is -0.121. The Bertz CT molecular complexity index is 894. The highest BCUT2D eigenvalue weighted by atomic mass is 32.1. The molecule has 7 nitrogen and oxygen atoms in total. The van der Waals surface area contributed by atoms with Gasteiger partial charge in [-0.15, -0.1) is 0 Å². The van der Waals surface area contributed by atoms with Gasteiger partial charge in [0.05, 0.1) is 11.8 Å². The molecule has 3 amide bonds. The standard InChI is InChI=1S/C17H16F2N4O3S/c18-10-1-2-11(12(19)7-10)16(26)23-5-3-9(4-6-23)15(25)22-17-21-8-13(27-17)14(20)24/h1-2,7-9H,3-6H2,(H2,20,24)(H,21,22,25). The van der Waals surface area contributed by atoms with E-state index in [0.717, 1.165) is 23.5 Å². The molecule has 3 rings (SSSR count). The first-order valence-corrected chi connectivity index (χ1v) is 8.97. The van der Waals surface area contributed by atoms with Crippen LogP contribution in [0, 0.1) is 17.6 Å². The van der Waals surface area contributed by atoms with E-state index >= 15 is 0 Å². The quantitative estimate of drug-likeness (QED) is 0.827. The van der Waals surface area contributed by atoms with Gasteiger partial charge < -0.3 is 16.0 Å². The number of halogens is 2. The van der Waals surface area contributed by atoms with E-state index in [0.29, 0.717) is 18.9 Å². The third-order valence-electron chi connectivity index (χ3n) is 4.29. The molecule has 2 aromatic rings. The lowest BCUT2D eigenvalue weighted by Crippen LogP contribution is -2.41. The van der Waals surface area contributed by atoms with Gasteiger partial charge in [0.25, 0.3) is 11.8 Å². The normalized spacial score (nSPS) is 14.8. The van der Waals surface area contributed by atoms with Crippen LogP contribution in [-0.4, -0.2) is 40.7 Å². The van der Waals surface area contributed by atoms with Crippen LogP contribution < -0.4 is 11.1 Å². The van der Waals surface area contributed by atoms with Crippen molar-refractivity contribution in [2.45, 2.75) is 12.8 Å². The molecule has 0 unspecified atom stereocenters. The molecule has 1 fully saturated rings. The van der Waals surface area contributed by atoms with Crippen LogP contribution in [0.2, 0.25) is 0 Å². The molecule has 142 valence electrons. The molecule has 0 bridgehead atoms. The van der Waals surface area contributed by atoms with Crippen LogP contribution in [0.15, 0.2) is 24.4 Å². The number of nitrogens with two attached hydrogens (primary N) is 1. The summed E-state index contributed by atoms with van der Waals surface area (Å²) in [7, 11) is 0. The van der Waals surface area contributed by atoms with Gasteiger partial charge >= 0.3 is 0 Å². The van der Waals surface area contributed by atoms with Crippen LogP contribution in [0.1, 0.15) is 32.9 Å². The molecule has 1 aromatic carbocycles. The Kier molecular flexibility index (Phi) is 5.45. The summed E-state index contributed by atoms with van der Waals surface area (Å²) in [6.07, 6.45) is 2.09. The van der Waals surface area contributed by atoms with Crippen LogP contribution in [-0.2, 0) is 4.79 Å². The van der Waals surface area contributed by atoms with E-state index in [1.165, 1.54) is 11.1 Å². The molecular weight excluding hydrogens is 378 g/mol. The molecule has 3 N–H and O–H groups in total. The number of thiazole rings is 1. The number of aromatic nitrogens is 1. The summed E-state index contributed by atoms with van der Waals surface area (Å²) in [5, 5.41) is 2.91. The van der Waals surface area contributed by atoms with Gasteiger partial charge in [-0.05, 0) is 25.0 Å². The van der Waals surface area contributed by atoms with E-state index in [4.69, 9.17) is 5.73 Å². The summed E-state index contributed by atoms with van der Waals surface area (Å²) >= 11 is 0.984. The van der Waals surface area contributed by atoms with Crippen LogP contribution >= 0.6 is 11.3 Å². The highest BCUT2D eigenvalue weighted by molar-refractivity contribution is 7.17. The van der Waals surface area contributed by atoms with Crippen molar-refractivity contribution in [3.05, 3.63) is 46.5 Å². The maximum Gasteiger partial charge on any atom is 0.260 e. The fourth-order valence-electron chi connectivity index (χ4n) is 2.83. The van der Waals surface area contributed by atoms with Crippen molar-refractivity contribution in [1.82, 2.24) is 9.88 Å². The summed E-state index contributed by atoms with van der Waals surface area (Å²) in [6, 6.07) is 2.82. The van der Waals surface area contributed by atoms with Gasteiger partial charge in [0.15, 0.2) is 5.13 Å². The number of rotatable bonds is 4. The Morgan fingerprint density at radius 1 is 1.22 bits per heavy atom. The van der Waals surface area contributed by atoms with Crippen molar-refractivity contribution >= 4 is 34.2 Å². The number of benzene rings is 1. The molecule has 0 saturated carbocycles. The third-order valence-corrected chi connectivity index (χ3v) is 5.22. The predicted molar refractivity (Wildman–Crippen MR) is 94.2 cm³/mol. The number of primary amides is 1. The molecule has 0 spiro atoms. The van der Waals surface area contributed by atoms with Crippen molar-refractivity contribution < 1.29 is 23.2 Å². The predicted octanol–water partition coefficient (Wildman–Crippen LogP) is 2.01. The van der Waals surface area contributed by atoms with Crippen LogP contribution in [0.5, 0.6) is 0 Å². The molecular formula is C17H16F2N4O3S. The molecule has 1 aromatic heterocycles. The molecule has 1 aliphatic heterocycles. The van der Waals surface area contributed by atoms with Crippen molar-refractivity contribution in [1.29, 1.82) is 0 Å². The highest BCUT2D eigenvalue weighted by Crippen LogP contribution is 2.23. The van der Waals surface area contributed by atoms with E-state index in [-0.39, 0.29) is 40.5 Å². The minimum Gasteiger partial charge on any atom is -0.365 e. The monoisotopic (exact) mass is 394 g/mol. The van der Waals surface area contributed by atoms with Crippen LogP contribution in [0.25, 0.3) is 0 Å². The second kappa shape index (κ2) is 7.78. The molecule has 2 heterocycles. The zero-order valence-corrected chi connectivity index (χ0v) is 14.9. The zero-order chi connectivity index (χ0) is 19.6. The average molecular weight is 394 g/mol. The average Bonchev–Trinajstić information content (AvgIpc) is 3.10. The summed E-state index contributed by atoms with van der Waals surface area (Å²) < 4.78 is 26.8. The van der Waals surface area contributed by atoms with Gasteiger partial charge in [0.2, 0.25) is 5.91 Å². The van der Waals surface area contributed by atoms with Crippen molar-refractivity contribution in [2.75, 3.05) is 18.4 Å². The van der Waals surface area contributed by atoms with Crippen molar-refractivity contribution in [3.63, 3.8) is 0 Å². The van der Waals surface area contributed by atoms with E-state index < -0.39 is 23.4 Å². The fourth-order valence-corrected chi connectivity index (χ4v) is 3.50. The summed E-state index contributed by atoms with van der Waals surface area (Å²) in [4.78, 5) is 41.4. The first-order valence-electron chi connectivity index (χ1n) is 8.16. The summed E-state index contributed by atoms with van der Waals surface area (Å²) in [5.74, 6) is -3.41. The van der Waals surface area contributed by atoms with Gasteiger partial charge in [-0.1, -0.05) is 11.3 Å². The number of piperidine rings is 1. The number of carbonyl (C=O) groups excluding carboxylic acids is 3. The van der Waals surface area contributed by atoms with Crippen LogP contribution in [0.3, 0.4) is 0 Å². The van der Waals surface area contributed by atoms with E-state index in [1.807, 2.05) is 0 Å². The van der Waals surface area contributed by atoms with Gasteiger partial charge in [-0.25, -0.2) is 13.8 Å². The number of amides is 3. The highest BCUT2D eigenvalue weighted by Gasteiger charge is 2.29. The molecule has 10 heteroatoms. The minimum absolute atomic E-state index is 0.193. The molecule has 1 saturated heterocycles. The molecule has 27 heavy (non-hydrogen) atoms. The number of nitrogens with zero attached hydrogens (tertiary/aromatic N) is 2. The van der Waals surface area contributed by atoms with Gasteiger partial charge in [0, 0.05) is 25.1 Å². The second-order valence-corrected chi connectivity index (χ2v) is 7.10. The molecule has 0 atom stereocenters. The van der Waals surface area contributed by atoms with E-state index in [2.05, 4.69) is 10.3 Å². The smallest absolute Gasteiger partial charge is 0.260 e. The number of carbonyl (C=O) groups is 3. The van der Waals surface area contributed by atoms with Crippen LogP contribution in [0.4, 0.5) is 13.9 Å². The Hall–Kier alpha value is -2.88. The number of anilines is 1. The Morgan fingerprint density at radius 3 is 2.52 bits per heavy atom. The Morgan fingerprint density at radius 2 is 1.93 bits per heavy atom. The first-order chi connectivity index (χ1) is 12.8. The number of likely N-dealkylation sites (tertiary alicyclic amines) is 1. The third kappa shape index (κ3) is 4.27. The van der Waals surface area contributed by atoms with Gasteiger partial charge in [0.1, 0.15) is 16.5 Å². The van der Waals surface area contributed by atoms with Gasteiger partial charge in [-0.3, -0.25) is 14.4 Å². The lowest BCUT2D eigenvalue weighted by atomic mass is 9.95. The first kappa shape index (κ1) is 18.9. The summed E-state index contributed by atoms with van der Waals surface area (Å²) in [5.41, 5.74) is 4.95. The Labute approximate surface area is 157 Å². The maximum atomic E-state index is 13.8. The largest absolute Gasteiger partial charge is 0.365 e. The van der Waals surface area contributed by atoms with Gasteiger partial charge in [-0.2, -0.15) is 0 Å². The van der Waals surface area contributed by atoms with E-state index in [1.54, 1.807) is 0 Å². The summed E-state index contributed by atoms with van der Waals surface area (Å²) in [6.45, 7) is 0.552. The molecule has 1 aliphatic rings. The van der Waals surface area contributed by atoms with Crippen molar-refractivity contribution in [2.24, 2.45) is 11.7 Å². The number of hydrogen-bond acceptors (Lipinski definition) is 5.